The van der Waals surface area contributed by atoms with Gasteiger partial charge in [0.05, 0.1) is 25.7 Å². The van der Waals surface area contributed by atoms with Crippen LogP contribution in [-0.2, 0) is 32.8 Å². The van der Waals surface area contributed by atoms with E-state index >= 15 is 0 Å². The van der Waals surface area contributed by atoms with Gasteiger partial charge in [0.2, 0.25) is 11.8 Å². The first-order chi connectivity index (χ1) is 14.4. The van der Waals surface area contributed by atoms with Gasteiger partial charge in [-0.2, -0.15) is 0 Å². The lowest BCUT2D eigenvalue weighted by atomic mass is 9.93. The van der Waals surface area contributed by atoms with Gasteiger partial charge in [-0.25, -0.2) is 4.39 Å². The molecule has 3 unspecified atom stereocenters. The molecule has 1 aromatic carbocycles. The molecule has 2 amide bonds. The van der Waals surface area contributed by atoms with Gasteiger partial charge in [0, 0.05) is 24.3 Å². The Morgan fingerprint density at radius 3 is 2.97 bits per heavy atom. The molecule has 30 heavy (non-hydrogen) atoms. The molecule has 3 atom stereocenters. The number of likely N-dealkylation sites (tertiary alicyclic amines) is 1. The van der Waals surface area contributed by atoms with Crippen LogP contribution in [0.3, 0.4) is 0 Å². The second-order valence-corrected chi connectivity index (χ2v) is 9.02. The number of ether oxygens (including phenoxy) is 1. The van der Waals surface area contributed by atoms with E-state index in [4.69, 9.17) is 4.74 Å². The monoisotopic (exact) mass is 432 g/mol. The predicted octanol–water partition coefficient (Wildman–Crippen LogP) is 2.00. The van der Waals surface area contributed by atoms with Gasteiger partial charge in [0.25, 0.3) is 0 Å². The normalized spacial score (nSPS) is 25.8. The van der Waals surface area contributed by atoms with Gasteiger partial charge in [0.15, 0.2) is 0 Å². The Morgan fingerprint density at radius 1 is 1.37 bits per heavy atom. The Bertz CT molecular complexity index is 949. The Kier molecular flexibility index (Phi) is 5.90. The molecule has 0 spiro atoms. The summed E-state index contributed by atoms with van der Waals surface area (Å²) in [5.74, 6) is -1.17. The van der Waals surface area contributed by atoms with Gasteiger partial charge in [-0.05, 0) is 35.6 Å². The standard InChI is InChI=1S/C22H25FN2O4S/c1-22(16-7-9-30-19(16)6-8-29-22)13-24-21(28)18-11-15(26)12-25(18)20(27)10-14-4-2-3-5-17(14)23/h2-5,7,9,15,18,26H,6,8,10-13H2,1H3,(H,24,28). The molecule has 1 fully saturated rings. The number of amides is 2. The molecular weight excluding hydrogens is 407 g/mol. The van der Waals surface area contributed by atoms with Gasteiger partial charge < -0.3 is 20.1 Å². The van der Waals surface area contributed by atoms with Gasteiger partial charge in [0.1, 0.15) is 17.5 Å². The summed E-state index contributed by atoms with van der Waals surface area (Å²) in [5.41, 5.74) is 0.733. The Balaban J connectivity index is 1.43. The highest BCUT2D eigenvalue weighted by Gasteiger charge is 2.40. The summed E-state index contributed by atoms with van der Waals surface area (Å²) in [6.45, 7) is 2.88. The topological polar surface area (TPSA) is 78.9 Å². The second kappa shape index (κ2) is 8.45. The van der Waals surface area contributed by atoms with E-state index in [0.29, 0.717) is 6.61 Å². The summed E-state index contributed by atoms with van der Waals surface area (Å²) in [6, 6.07) is 7.32. The van der Waals surface area contributed by atoms with Crippen LogP contribution in [0.4, 0.5) is 4.39 Å². The van der Waals surface area contributed by atoms with Crippen molar-refractivity contribution < 1.29 is 23.8 Å². The maximum Gasteiger partial charge on any atom is 0.243 e. The van der Waals surface area contributed by atoms with E-state index in [1.165, 1.54) is 15.8 Å². The maximum absolute atomic E-state index is 13.9. The number of thiophene rings is 1. The zero-order valence-corrected chi connectivity index (χ0v) is 17.6. The first kappa shape index (κ1) is 21.0. The van der Waals surface area contributed by atoms with Gasteiger partial charge in [-0.15, -0.1) is 11.3 Å². The Labute approximate surface area is 178 Å². The molecule has 1 saturated heterocycles. The summed E-state index contributed by atoms with van der Waals surface area (Å²) in [5, 5.41) is 15.0. The number of fused-ring (bicyclic) bond motifs is 1. The van der Waals surface area contributed by atoms with Crippen LogP contribution in [0.5, 0.6) is 0 Å². The average Bonchev–Trinajstić information content (AvgIpc) is 3.36. The van der Waals surface area contributed by atoms with E-state index < -0.39 is 23.6 Å². The van der Waals surface area contributed by atoms with Crippen molar-refractivity contribution in [3.05, 3.63) is 57.5 Å². The third-order valence-electron chi connectivity index (χ3n) is 5.87. The van der Waals surface area contributed by atoms with Crippen molar-refractivity contribution >= 4 is 23.2 Å². The zero-order valence-electron chi connectivity index (χ0n) is 16.8. The number of nitrogens with one attached hydrogen (secondary N) is 1. The summed E-state index contributed by atoms with van der Waals surface area (Å²) in [6.07, 6.45) is 0.0949. The smallest absolute Gasteiger partial charge is 0.243 e. The lowest BCUT2D eigenvalue weighted by Gasteiger charge is -2.35. The molecule has 2 aromatic rings. The van der Waals surface area contributed by atoms with Crippen LogP contribution in [0.1, 0.15) is 29.3 Å². The van der Waals surface area contributed by atoms with Gasteiger partial charge >= 0.3 is 0 Å². The number of β-amino-alcohol motifs (C(OH)–C–C–N with tert-alkyl or cyclic N) is 1. The first-order valence-electron chi connectivity index (χ1n) is 10.1. The van der Waals surface area contributed by atoms with Crippen LogP contribution in [-0.4, -0.2) is 53.7 Å². The largest absolute Gasteiger partial charge is 0.391 e. The summed E-state index contributed by atoms with van der Waals surface area (Å²) in [7, 11) is 0. The molecule has 0 radical (unpaired) electrons. The molecule has 1 aromatic heterocycles. The van der Waals surface area contributed by atoms with Crippen molar-refractivity contribution in [3.63, 3.8) is 0 Å². The molecule has 6 nitrogen and oxygen atoms in total. The van der Waals surface area contributed by atoms with Gasteiger partial charge in [-0.1, -0.05) is 18.2 Å². The van der Waals surface area contributed by atoms with Crippen LogP contribution < -0.4 is 5.32 Å². The van der Waals surface area contributed by atoms with E-state index in [9.17, 15) is 19.1 Å². The third kappa shape index (κ3) is 4.12. The molecule has 0 aliphatic carbocycles. The predicted molar refractivity (Wildman–Crippen MR) is 111 cm³/mol. The maximum atomic E-state index is 13.9. The number of halogens is 1. The van der Waals surface area contributed by atoms with Crippen molar-refractivity contribution in [3.8, 4) is 0 Å². The number of hydrogen-bond acceptors (Lipinski definition) is 5. The van der Waals surface area contributed by atoms with Gasteiger partial charge in [-0.3, -0.25) is 9.59 Å². The molecule has 0 saturated carbocycles. The lowest BCUT2D eigenvalue weighted by Crippen LogP contribution is -2.50. The molecule has 4 rings (SSSR count). The van der Waals surface area contributed by atoms with Crippen LogP contribution in [0.15, 0.2) is 35.7 Å². The van der Waals surface area contributed by atoms with Crippen molar-refractivity contribution in [1.29, 1.82) is 0 Å². The molecule has 2 aliphatic rings. The molecule has 8 heteroatoms. The highest BCUT2D eigenvalue weighted by Crippen LogP contribution is 2.35. The number of carbonyl (C=O) groups is 2. The van der Waals surface area contributed by atoms with E-state index in [1.54, 1.807) is 29.5 Å². The van der Waals surface area contributed by atoms with Crippen LogP contribution >= 0.6 is 11.3 Å². The number of carbonyl (C=O) groups excluding carboxylic acids is 2. The van der Waals surface area contributed by atoms with Crippen molar-refractivity contribution in [2.75, 3.05) is 19.7 Å². The van der Waals surface area contributed by atoms with E-state index in [2.05, 4.69) is 5.32 Å². The fraction of sp³-hybridized carbons (Fsp3) is 0.455. The average molecular weight is 433 g/mol. The van der Waals surface area contributed by atoms with Crippen LogP contribution in [0.2, 0.25) is 0 Å². The fourth-order valence-electron chi connectivity index (χ4n) is 4.22. The van der Waals surface area contributed by atoms with Crippen molar-refractivity contribution in [2.24, 2.45) is 0 Å². The molecule has 2 aliphatic heterocycles. The van der Waals surface area contributed by atoms with E-state index in [-0.39, 0.29) is 43.3 Å². The van der Waals surface area contributed by atoms with E-state index in [0.717, 1.165) is 12.0 Å². The van der Waals surface area contributed by atoms with E-state index in [1.807, 2.05) is 18.4 Å². The number of benzene rings is 1. The zero-order chi connectivity index (χ0) is 21.3. The summed E-state index contributed by atoms with van der Waals surface area (Å²) in [4.78, 5) is 28.3. The van der Waals surface area contributed by atoms with Crippen LogP contribution in [0.25, 0.3) is 0 Å². The van der Waals surface area contributed by atoms with Crippen LogP contribution in [0, 0.1) is 5.82 Å². The lowest BCUT2D eigenvalue weighted by molar-refractivity contribution is -0.138. The molecule has 0 bridgehead atoms. The molecular formula is C22H25FN2O4S. The summed E-state index contributed by atoms with van der Waals surface area (Å²) >= 11 is 1.68. The first-order valence-corrected chi connectivity index (χ1v) is 10.9. The minimum atomic E-state index is -0.784. The number of aliphatic hydroxyl groups excluding tert-OH is 1. The number of hydrogen-bond donors (Lipinski definition) is 2. The van der Waals surface area contributed by atoms with Crippen molar-refractivity contribution in [2.45, 2.75) is 43.9 Å². The number of nitrogens with zero attached hydrogens (tertiary/aromatic N) is 1. The number of aliphatic hydroxyl groups is 1. The molecule has 160 valence electrons. The number of rotatable bonds is 5. The Morgan fingerprint density at radius 2 is 2.17 bits per heavy atom. The minimum Gasteiger partial charge on any atom is -0.391 e. The molecule has 3 heterocycles. The minimum absolute atomic E-state index is 0.0633. The third-order valence-corrected chi connectivity index (χ3v) is 6.85. The highest BCUT2D eigenvalue weighted by molar-refractivity contribution is 7.10. The second-order valence-electron chi connectivity index (χ2n) is 8.02. The van der Waals surface area contributed by atoms with Crippen molar-refractivity contribution in [1.82, 2.24) is 10.2 Å². The summed E-state index contributed by atoms with van der Waals surface area (Å²) < 4.78 is 19.9. The highest BCUT2D eigenvalue weighted by atomic mass is 32.1. The Hall–Kier alpha value is -2.29. The molecule has 2 N–H and O–H groups in total. The SMILES string of the molecule is CC1(CNC(=O)C2CC(O)CN2C(=O)Cc2ccccc2F)OCCc2sccc21. The fourth-order valence-corrected chi connectivity index (χ4v) is 5.20. The quantitative estimate of drug-likeness (QED) is 0.758.